The molecule has 3 aromatic rings. The zero-order chi connectivity index (χ0) is 21.4. The van der Waals surface area contributed by atoms with Crippen molar-refractivity contribution in [2.75, 3.05) is 11.9 Å². The van der Waals surface area contributed by atoms with Gasteiger partial charge in [0, 0.05) is 24.6 Å². The molecule has 0 atom stereocenters. The summed E-state index contributed by atoms with van der Waals surface area (Å²) in [7, 11) is -3.52. The lowest BCUT2D eigenvalue weighted by Gasteiger charge is -2.18. The van der Waals surface area contributed by atoms with E-state index in [1.54, 1.807) is 12.1 Å². The quantitative estimate of drug-likeness (QED) is 0.532. The minimum absolute atomic E-state index is 0.0645. The Bertz CT molecular complexity index is 1010. The van der Waals surface area contributed by atoms with Crippen molar-refractivity contribution in [3.05, 3.63) is 96.1 Å². The van der Waals surface area contributed by atoms with Gasteiger partial charge in [0.25, 0.3) is 0 Å². The van der Waals surface area contributed by atoms with Gasteiger partial charge in [-0.1, -0.05) is 67.6 Å². The van der Waals surface area contributed by atoms with Crippen molar-refractivity contribution in [3.63, 3.8) is 0 Å². The van der Waals surface area contributed by atoms with Crippen molar-refractivity contribution in [3.8, 4) is 0 Å². The molecule has 5 nitrogen and oxygen atoms in total. The number of sulfonamides is 1. The van der Waals surface area contributed by atoms with Crippen molar-refractivity contribution < 1.29 is 13.2 Å². The van der Waals surface area contributed by atoms with E-state index in [-0.39, 0.29) is 23.1 Å². The van der Waals surface area contributed by atoms with Gasteiger partial charge in [-0.05, 0) is 41.8 Å². The second kappa shape index (κ2) is 10.2. The number of benzene rings is 3. The monoisotopic (exact) mass is 422 g/mol. The molecule has 2 N–H and O–H groups in total. The van der Waals surface area contributed by atoms with Gasteiger partial charge in [-0.15, -0.1) is 0 Å². The third-order valence-electron chi connectivity index (χ3n) is 4.78. The van der Waals surface area contributed by atoms with E-state index in [4.69, 9.17) is 0 Å². The van der Waals surface area contributed by atoms with Crippen molar-refractivity contribution in [2.24, 2.45) is 0 Å². The molecule has 0 aliphatic rings. The van der Waals surface area contributed by atoms with E-state index in [9.17, 15) is 13.2 Å². The molecule has 1 amide bonds. The van der Waals surface area contributed by atoms with Crippen LogP contribution in [0, 0.1) is 0 Å². The minimum Gasteiger partial charge on any atom is -0.326 e. The van der Waals surface area contributed by atoms with E-state index < -0.39 is 10.0 Å². The molecule has 0 saturated heterocycles. The largest absolute Gasteiger partial charge is 0.326 e. The number of rotatable bonds is 9. The van der Waals surface area contributed by atoms with E-state index in [1.165, 1.54) is 12.1 Å². The molecule has 0 fully saturated rings. The Hall–Kier alpha value is -2.96. The molecule has 0 spiro atoms. The molecular formula is C24H26N2O3S. The highest BCUT2D eigenvalue weighted by atomic mass is 32.2. The number of carbonyl (C=O) groups is 1. The fourth-order valence-electron chi connectivity index (χ4n) is 3.23. The standard InChI is InChI=1S/C24H26N2O3S/c1-2-17-25-30(28,29)22-15-13-21(14-16-22)26-24(27)18-23(19-9-5-3-6-10-19)20-11-7-4-8-12-20/h3-16,23,25H,2,17-18H2,1H3,(H,26,27). The normalized spacial score (nSPS) is 11.4. The third kappa shape index (κ3) is 5.78. The molecule has 0 aliphatic heterocycles. The highest BCUT2D eigenvalue weighted by molar-refractivity contribution is 7.89. The second-order valence-electron chi connectivity index (χ2n) is 7.05. The van der Waals surface area contributed by atoms with Crippen LogP contribution in [0.25, 0.3) is 0 Å². The first-order valence-corrected chi connectivity index (χ1v) is 11.5. The van der Waals surface area contributed by atoms with Crippen LogP contribution in [0.2, 0.25) is 0 Å². The lowest BCUT2D eigenvalue weighted by atomic mass is 9.88. The highest BCUT2D eigenvalue weighted by Crippen LogP contribution is 2.28. The first-order valence-electron chi connectivity index (χ1n) is 9.99. The maximum Gasteiger partial charge on any atom is 0.240 e. The molecule has 6 heteroatoms. The molecule has 0 aliphatic carbocycles. The van der Waals surface area contributed by atoms with E-state index in [0.717, 1.165) is 17.5 Å². The first-order chi connectivity index (χ1) is 14.5. The Morgan fingerprint density at radius 2 is 1.37 bits per heavy atom. The molecule has 0 bridgehead atoms. The van der Waals surface area contributed by atoms with Gasteiger partial charge in [0.15, 0.2) is 0 Å². The summed E-state index contributed by atoms with van der Waals surface area (Å²) in [5, 5.41) is 2.88. The second-order valence-corrected chi connectivity index (χ2v) is 8.82. The van der Waals surface area contributed by atoms with Crippen molar-refractivity contribution in [2.45, 2.75) is 30.6 Å². The number of amides is 1. The third-order valence-corrected chi connectivity index (χ3v) is 6.26. The smallest absolute Gasteiger partial charge is 0.240 e. The Kier molecular flexibility index (Phi) is 7.38. The van der Waals surface area contributed by atoms with Crippen LogP contribution in [-0.2, 0) is 14.8 Å². The van der Waals surface area contributed by atoms with E-state index in [1.807, 2.05) is 67.6 Å². The van der Waals surface area contributed by atoms with Crippen LogP contribution in [0.4, 0.5) is 5.69 Å². The van der Waals surface area contributed by atoms with Crippen LogP contribution < -0.4 is 10.0 Å². The summed E-state index contributed by atoms with van der Waals surface area (Å²) in [5.74, 6) is -0.197. The summed E-state index contributed by atoms with van der Waals surface area (Å²) < 4.78 is 26.9. The molecule has 0 heterocycles. The Morgan fingerprint density at radius 1 is 0.833 bits per heavy atom. The Labute approximate surface area is 178 Å². The maximum absolute atomic E-state index is 12.8. The van der Waals surface area contributed by atoms with Gasteiger partial charge >= 0.3 is 0 Å². The number of hydrogen-bond donors (Lipinski definition) is 2. The fraction of sp³-hybridized carbons (Fsp3) is 0.208. The molecule has 0 aromatic heterocycles. The number of anilines is 1. The van der Waals surface area contributed by atoms with Crippen molar-refractivity contribution in [1.82, 2.24) is 4.72 Å². The summed E-state index contributed by atoms with van der Waals surface area (Å²) in [6.45, 7) is 2.29. The molecule has 30 heavy (non-hydrogen) atoms. The molecule has 0 saturated carbocycles. The molecule has 156 valence electrons. The van der Waals surface area contributed by atoms with Gasteiger partial charge in [-0.3, -0.25) is 4.79 Å². The van der Waals surface area contributed by atoms with Gasteiger partial charge in [-0.25, -0.2) is 13.1 Å². The van der Waals surface area contributed by atoms with E-state index in [0.29, 0.717) is 12.2 Å². The van der Waals surface area contributed by atoms with Crippen LogP contribution in [0.1, 0.15) is 36.8 Å². The Morgan fingerprint density at radius 3 is 1.87 bits per heavy atom. The van der Waals surface area contributed by atoms with Crippen LogP contribution in [0.15, 0.2) is 89.8 Å². The van der Waals surface area contributed by atoms with Gasteiger partial charge in [0.2, 0.25) is 15.9 Å². The lowest BCUT2D eigenvalue weighted by Crippen LogP contribution is -2.24. The minimum atomic E-state index is -3.52. The predicted octanol–water partition coefficient (Wildman–Crippen LogP) is 4.54. The van der Waals surface area contributed by atoms with Crippen molar-refractivity contribution in [1.29, 1.82) is 0 Å². The molecular weight excluding hydrogens is 396 g/mol. The summed E-state index contributed by atoms with van der Waals surface area (Å²) in [6.07, 6.45) is 1.00. The predicted molar refractivity (Wildman–Crippen MR) is 120 cm³/mol. The average molecular weight is 423 g/mol. The highest BCUT2D eigenvalue weighted by Gasteiger charge is 2.18. The van der Waals surface area contributed by atoms with Crippen molar-refractivity contribution >= 4 is 21.6 Å². The number of hydrogen-bond acceptors (Lipinski definition) is 3. The lowest BCUT2D eigenvalue weighted by molar-refractivity contribution is -0.116. The number of carbonyl (C=O) groups excluding carboxylic acids is 1. The zero-order valence-corrected chi connectivity index (χ0v) is 17.7. The van der Waals surface area contributed by atoms with Crippen LogP contribution in [-0.4, -0.2) is 20.9 Å². The summed E-state index contributed by atoms with van der Waals surface area (Å²) in [5.41, 5.74) is 2.71. The SMILES string of the molecule is CCCNS(=O)(=O)c1ccc(NC(=O)CC(c2ccccc2)c2ccccc2)cc1. The summed E-state index contributed by atoms with van der Waals surface area (Å²) in [6, 6.07) is 26.1. The van der Waals surface area contributed by atoms with Crippen LogP contribution in [0.5, 0.6) is 0 Å². The molecule has 0 radical (unpaired) electrons. The van der Waals surface area contributed by atoms with Gasteiger partial charge in [0.05, 0.1) is 4.90 Å². The fourth-order valence-corrected chi connectivity index (χ4v) is 4.37. The molecule has 3 rings (SSSR count). The van der Waals surface area contributed by atoms with Gasteiger partial charge in [0.1, 0.15) is 0 Å². The van der Waals surface area contributed by atoms with Gasteiger partial charge < -0.3 is 5.32 Å². The summed E-state index contributed by atoms with van der Waals surface area (Å²) in [4.78, 5) is 12.9. The van der Waals surface area contributed by atoms with Crippen LogP contribution >= 0.6 is 0 Å². The Balaban J connectivity index is 1.72. The average Bonchev–Trinajstić information content (AvgIpc) is 2.78. The zero-order valence-electron chi connectivity index (χ0n) is 16.9. The van der Waals surface area contributed by atoms with E-state index in [2.05, 4.69) is 10.0 Å². The molecule has 3 aromatic carbocycles. The number of nitrogens with one attached hydrogen (secondary N) is 2. The van der Waals surface area contributed by atoms with Crippen LogP contribution in [0.3, 0.4) is 0 Å². The summed E-state index contributed by atoms with van der Waals surface area (Å²) >= 11 is 0. The van der Waals surface area contributed by atoms with E-state index >= 15 is 0 Å². The topological polar surface area (TPSA) is 75.3 Å². The first kappa shape index (κ1) is 21.7. The maximum atomic E-state index is 12.8. The molecule has 0 unspecified atom stereocenters. The van der Waals surface area contributed by atoms with Gasteiger partial charge in [-0.2, -0.15) is 0 Å².